The smallest absolute Gasteiger partial charge is 0.203 e. The van der Waals surface area contributed by atoms with Crippen LogP contribution < -0.4 is 29.6 Å². The molecule has 0 bridgehead atoms. The van der Waals surface area contributed by atoms with Crippen molar-refractivity contribution in [3.8, 4) is 28.7 Å². The van der Waals surface area contributed by atoms with Crippen LogP contribution in [0.2, 0.25) is 0 Å². The first-order valence-electron chi connectivity index (χ1n) is 12.0. The van der Waals surface area contributed by atoms with Gasteiger partial charge in [0.1, 0.15) is 11.5 Å². The van der Waals surface area contributed by atoms with E-state index in [2.05, 4.69) is 15.5 Å². The Labute approximate surface area is 218 Å². The van der Waals surface area contributed by atoms with Gasteiger partial charge in [0.05, 0.1) is 21.3 Å². The Bertz CT molecular complexity index is 1110. The summed E-state index contributed by atoms with van der Waals surface area (Å²) in [4.78, 5) is 2.43. The largest absolute Gasteiger partial charge is 0.493 e. The maximum Gasteiger partial charge on any atom is 0.203 e. The molecule has 1 aliphatic rings. The van der Waals surface area contributed by atoms with Crippen LogP contribution in [0.5, 0.6) is 28.7 Å². The molecule has 3 aromatic carbocycles. The van der Waals surface area contributed by atoms with E-state index in [1.54, 1.807) is 21.3 Å². The minimum Gasteiger partial charge on any atom is -0.493 e. The lowest BCUT2D eigenvalue weighted by molar-refractivity contribution is 0.198. The SMILES string of the molecule is COc1cc(CN2CCC(NC(=S)Nc3ccc(Oc4ccccc4)cc3)CC2)cc(OC)c1OC. The third kappa shape index (κ3) is 6.80. The van der Waals surface area contributed by atoms with Gasteiger partial charge in [-0.1, -0.05) is 18.2 Å². The Balaban J connectivity index is 1.23. The second-order valence-corrected chi connectivity index (χ2v) is 9.03. The fourth-order valence-electron chi connectivity index (χ4n) is 4.30. The molecule has 0 aliphatic carbocycles. The number of rotatable bonds is 9. The third-order valence-electron chi connectivity index (χ3n) is 6.14. The van der Waals surface area contributed by atoms with E-state index in [1.807, 2.05) is 66.7 Å². The van der Waals surface area contributed by atoms with Gasteiger partial charge in [0.25, 0.3) is 0 Å². The van der Waals surface area contributed by atoms with Crippen LogP contribution in [0.3, 0.4) is 0 Å². The van der Waals surface area contributed by atoms with Gasteiger partial charge in [-0.25, -0.2) is 0 Å². The molecule has 7 nitrogen and oxygen atoms in total. The van der Waals surface area contributed by atoms with Crippen molar-refractivity contribution < 1.29 is 18.9 Å². The van der Waals surface area contributed by atoms with Crippen LogP contribution in [-0.2, 0) is 6.54 Å². The van der Waals surface area contributed by atoms with Gasteiger partial charge in [-0.05, 0) is 79.2 Å². The molecule has 1 saturated heterocycles. The third-order valence-corrected chi connectivity index (χ3v) is 6.36. The van der Waals surface area contributed by atoms with Crippen LogP contribution >= 0.6 is 12.2 Å². The second-order valence-electron chi connectivity index (χ2n) is 8.62. The van der Waals surface area contributed by atoms with Crippen LogP contribution in [0.25, 0.3) is 0 Å². The lowest BCUT2D eigenvalue weighted by atomic mass is 10.0. The van der Waals surface area contributed by atoms with Gasteiger partial charge in [0.2, 0.25) is 5.75 Å². The van der Waals surface area contributed by atoms with E-state index < -0.39 is 0 Å². The number of nitrogens with one attached hydrogen (secondary N) is 2. The fraction of sp³-hybridized carbons (Fsp3) is 0.321. The average molecular weight is 508 g/mol. The lowest BCUT2D eigenvalue weighted by Crippen LogP contribution is -2.45. The Morgan fingerprint density at radius 1 is 0.861 bits per heavy atom. The zero-order valence-electron chi connectivity index (χ0n) is 21.0. The number of ether oxygens (including phenoxy) is 4. The van der Waals surface area contributed by atoms with Crippen LogP contribution in [0, 0.1) is 0 Å². The minimum atomic E-state index is 0.335. The zero-order valence-corrected chi connectivity index (χ0v) is 21.8. The summed E-state index contributed by atoms with van der Waals surface area (Å²) < 4.78 is 22.3. The molecule has 0 amide bonds. The first-order chi connectivity index (χ1) is 17.6. The molecular formula is C28H33N3O4S. The molecule has 2 N–H and O–H groups in total. The highest BCUT2D eigenvalue weighted by molar-refractivity contribution is 7.80. The number of nitrogens with zero attached hydrogens (tertiary/aromatic N) is 1. The highest BCUT2D eigenvalue weighted by Crippen LogP contribution is 2.38. The molecule has 0 spiro atoms. The van der Waals surface area contributed by atoms with Crippen LogP contribution in [0.4, 0.5) is 5.69 Å². The molecule has 0 atom stereocenters. The first-order valence-corrected chi connectivity index (χ1v) is 12.4. The van der Waals surface area contributed by atoms with E-state index >= 15 is 0 Å². The Morgan fingerprint density at radius 2 is 1.47 bits per heavy atom. The van der Waals surface area contributed by atoms with Gasteiger partial charge in [0.15, 0.2) is 16.6 Å². The van der Waals surface area contributed by atoms with Crippen molar-refractivity contribution >= 4 is 23.0 Å². The predicted octanol–water partition coefficient (Wildman–Crippen LogP) is 5.46. The topological polar surface area (TPSA) is 64.2 Å². The Morgan fingerprint density at radius 3 is 2.06 bits per heavy atom. The molecule has 1 fully saturated rings. The van der Waals surface area contributed by atoms with E-state index in [0.717, 1.165) is 55.2 Å². The fourth-order valence-corrected chi connectivity index (χ4v) is 4.59. The Hall–Kier alpha value is -3.49. The number of benzene rings is 3. The van der Waals surface area contributed by atoms with Gasteiger partial charge in [0, 0.05) is 31.4 Å². The predicted molar refractivity (Wildman–Crippen MR) is 147 cm³/mol. The molecule has 1 aliphatic heterocycles. The zero-order chi connectivity index (χ0) is 25.3. The number of hydrogen-bond donors (Lipinski definition) is 2. The molecule has 4 rings (SSSR count). The van der Waals surface area contributed by atoms with Crippen LogP contribution in [0.15, 0.2) is 66.7 Å². The van der Waals surface area contributed by atoms with E-state index in [9.17, 15) is 0 Å². The summed E-state index contributed by atoms with van der Waals surface area (Å²) in [6.07, 6.45) is 2.02. The minimum absolute atomic E-state index is 0.335. The number of methoxy groups -OCH3 is 3. The maximum atomic E-state index is 5.85. The molecule has 0 aromatic heterocycles. The van der Waals surface area contributed by atoms with Gasteiger partial charge in [-0.2, -0.15) is 0 Å². The summed E-state index contributed by atoms with van der Waals surface area (Å²) >= 11 is 5.56. The van der Waals surface area contributed by atoms with Gasteiger partial charge in [-0.3, -0.25) is 4.90 Å². The summed E-state index contributed by atoms with van der Waals surface area (Å²) in [5, 5.41) is 7.38. The van der Waals surface area contributed by atoms with Crippen molar-refractivity contribution in [1.29, 1.82) is 0 Å². The van der Waals surface area contributed by atoms with Crippen LogP contribution in [-0.4, -0.2) is 50.5 Å². The number of anilines is 1. The van der Waals surface area contributed by atoms with Crippen molar-refractivity contribution in [2.75, 3.05) is 39.7 Å². The quantitative estimate of drug-likeness (QED) is 0.371. The molecule has 0 saturated carbocycles. The number of para-hydroxylation sites is 1. The number of likely N-dealkylation sites (tertiary alicyclic amines) is 1. The molecule has 0 unspecified atom stereocenters. The monoisotopic (exact) mass is 507 g/mol. The molecule has 0 radical (unpaired) electrons. The molecule has 3 aromatic rings. The molecule has 190 valence electrons. The highest BCUT2D eigenvalue weighted by atomic mass is 32.1. The van der Waals surface area contributed by atoms with Gasteiger partial charge < -0.3 is 29.6 Å². The van der Waals surface area contributed by atoms with Crippen molar-refractivity contribution in [2.24, 2.45) is 0 Å². The number of thiocarbonyl (C=S) groups is 1. The summed E-state index contributed by atoms with van der Waals surface area (Å²) in [6.45, 7) is 2.77. The molecular weight excluding hydrogens is 474 g/mol. The molecule has 1 heterocycles. The van der Waals surface area contributed by atoms with Crippen LogP contribution in [0.1, 0.15) is 18.4 Å². The van der Waals surface area contributed by atoms with Gasteiger partial charge in [-0.15, -0.1) is 0 Å². The summed E-state index contributed by atoms with van der Waals surface area (Å²) in [5.41, 5.74) is 2.06. The second kappa shape index (κ2) is 12.5. The average Bonchev–Trinajstić information content (AvgIpc) is 2.91. The normalized spacial score (nSPS) is 14.1. The number of piperidine rings is 1. The van der Waals surface area contributed by atoms with Crippen molar-refractivity contribution in [3.63, 3.8) is 0 Å². The molecule has 36 heavy (non-hydrogen) atoms. The summed E-state index contributed by atoms with van der Waals surface area (Å²) in [5.74, 6) is 3.57. The standard InChI is InChI=1S/C28H33N3O4S/c1-32-25-17-20(18-26(33-2)27(25)34-3)19-31-15-13-22(14-16-31)30-28(36)29-21-9-11-24(12-10-21)35-23-7-5-4-6-8-23/h4-12,17-18,22H,13-16,19H2,1-3H3,(H2,29,30,36). The summed E-state index contributed by atoms with van der Waals surface area (Å²) in [6, 6.07) is 21.9. The van der Waals surface area contributed by atoms with E-state index in [-0.39, 0.29) is 0 Å². The molecule has 8 heteroatoms. The van der Waals surface area contributed by atoms with E-state index in [4.69, 9.17) is 31.2 Å². The summed E-state index contributed by atoms with van der Waals surface area (Å²) in [7, 11) is 4.90. The van der Waals surface area contributed by atoms with E-state index in [1.165, 1.54) is 0 Å². The van der Waals surface area contributed by atoms with Crippen molar-refractivity contribution in [2.45, 2.75) is 25.4 Å². The van der Waals surface area contributed by atoms with Crippen molar-refractivity contribution in [3.05, 3.63) is 72.3 Å². The highest BCUT2D eigenvalue weighted by Gasteiger charge is 2.21. The first kappa shape index (κ1) is 25.6. The Kier molecular flexibility index (Phi) is 8.86. The maximum absolute atomic E-state index is 5.85. The van der Waals surface area contributed by atoms with Gasteiger partial charge >= 0.3 is 0 Å². The van der Waals surface area contributed by atoms with E-state index in [0.29, 0.717) is 28.4 Å². The van der Waals surface area contributed by atoms with Crippen molar-refractivity contribution in [1.82, 2.24) is 10.2 Å². The number of hydrogen-bond acceptors (Lipinski definition) is 6. The lowest BCUT2D eigenvalue weighted by Gasteiger charge is -2.33.